The van der Waals surface area contributed by atoms with Crippen molar-refractivity contribution in [3.63, 3.8) is 0 Å². The number of pyridine rings is 1. The van der Waals surface area contributed by atoms with Gasteiger partial charge in [-0.05, 0) is 32.8 Å². The lowest BCUT2D eigenvalue weighted by Gasteiger charge is -2.25. The maximum atomic E-state index is 9.41. The lowest BCUT2D eigenvalue weighted by Crippen LogP contribution is -2.13. The fourth-order valence-electron chi connectivity index (χ4n) is 2.64. The molecule has 6 nitrogen and oxygen atoms in total. The van der Waals surface area contributed by atoms with Crippen LogP contribution in [0.2, 0.25) is 0 Å². The first-order chi connectivity index (χ1) is 11.1. The third-order valence-corrected chi connectivity index (χ3v) is 4.08. The van der Waals surface area contributed by atoms with Gasteiger partial charge in [0.15, 0.2) is 0 Å². The highest BCUT2D eigenvalue weighted by molar-refractivity contribution is 5.75. The second kappa shape index (κ2) is 6.21. The number of aromatic nitrogens is 3. The van der Waals surface area contributed by atoms with Gasteiger partial charge in [-0.1, -0.05) is 6.42 Å². The maximum absolute atomic E-state index is 9.41. The first kappa shape index (κ1) is 15.2. The summed E-state index contributed by atoms with van der Waals surface area (Å²) in [6.07, 6.45) is 6.92. The van der Waals surface area contributed by atoms with Gasteiger partial charge in [0, 0.05) is 41.2 Å². The van der Waals surface area contributed by atoms with Crippen molar-refractivity contribution in [3.8, 4) is 17.2 Å². The second-order valence-electron chi connectivity index (χ2n) is 6.19. The molecule has 0 unspecified atom stereocenters. The average Bonchev–Trinajstić information content (AvgIpc) is 2.45. The number of hydrogen-bond acceptors (Lipinski definition) is 6. The van der Waals surface area contributed by atoms with Gasteiger partial charge in [-0.15, -0.1) is 0 Å². The molecule has 0 saturated heterocycles. The van der Waals surface area contributed by atoms with Crippen molar-refractivity contribution in [2.75, 3.05) is 11.1 Å². The minimum absolute atomic E-state index is 0.261. The van der Waals surface area contributed by atoms with Gasteiger partial charge in [0.1, 0.15) is 17.5 Å². The van der Waals surface area contributed by atoms with Gasteiger partial charge in [-0.2, -0.15) is 5.26 Å². The highest BCUT2D eigenvalue weighted by Crippen LogP contribution is 2.38. The Morgan fingerprint density at radius 2 is 2.00 bits per heavy atom. The molecule has 118 valence electrons. The third kappa shape index (κ3) is 3.09. The van der Waals surface area contributed by atoms with E-state index in [-0.39, 0.29) is 11.9 Å². The lowest BCUT2D eigenvalue weighted by atomic mass is 9.82. The van der Waals surface area contributed by atoms with Crippen LogP contribution >= 0.6 is 0 Å². The SMILES string of the molecule is CC(C)Nc1ncc(-c2cc(C3CCC3)nc(N)c2C#N)cn1. The Morgan fingerprint density at radius 3 is 2.52 bits per heavy atom. The lowest BCUT2D eigenvalue weighted by molar-refractivity contribution is 0.411. The van der Waals surface area contributed by atoms with E-state index < -0.39 is 0 Å². The molecular weight excluding hydrogens is 288 g/mol. The summed E-state index contributed by atoms with van der Waals surface area (Å²) in [5, 5.41) is 12.6. The van der Waals surface area contributed by atoms with Crippen LogP contribution in [0.1, 0.15) is 50.3 Å². The first-order valence-corrected chi connectivity index (χ1v) is 7.88. The van der Waals surface area contributed by atoms with E-state index in [2.05, 4.69) is 26.3 Å². The van der Waals surface area contributed by atoms with E-state index >= 15 is 0 Å². The molecule has 1 aliphatic rings. The Hall–Kier alpha value is -2.68. The van der Waals surface area contributed by atoms with E-state index in [1.165, 1.54) is 6.42 Å². The minimum atomic E-state index is 0.261. The molecule has 0 aliphatic heterocycles. The zero-order chi connectivity index (χ0) is 16.4. The van der Waals surface area contributed by atoms with Crippen molar-refractivity contribution >= 4 is 11.8 Å². The topological polar surface area (TPSA) is 101 Å². The Kier molecular flexibility index (Phi) is 4.11. The van der Waals surface area contributed by atoms with Crippen LogP contribution in [-0.4, -0.2) is 21.0 Å². The Bertz CT molecular complexity index is 741. The fourth-order valence-corrected chi connectivity index (χ4v) is 2.64. The van der Waals surface area contributed by atoms with Crippen LogP contribution in [0.25, 0.3) is 11.1 Å². The normalized spacial score (nSPS) is 14.3. The Balaban J connectivity index is 2.00. The Morgan fingerprint density at radius 1 is 1.30 bits per heavy atom. The molecule has 2 aromatic rings. The van der Waals surface area contributed by atoms with Gasteiger partial charge in [0.05, 0.1) is 0 Å². The fraction of sp³-hybridized carbons (Fsp3) is 0.412. The van der Waals surface area contributed by atoms with Crippen LogP contribution in [0.15, 0.2) is 18.5 Å². The van der Waals surface area contributed by atoms with Crippen LogP contribution in [0, 0.1) is 11.3 Å². The van der Waals surface area contributed by atoms with Crippen molar-refractivity contribution in [2.24, 2.45) is 0 Å². The third-order valence-electron chi connectivity index (χ3n) is 4.08. The second-order valence-corrected chi connectivity index (χ2v) is 6.19. The molecule has 0 atom stereocenters. The van der Waals surface area contributed by atoms with Gasteiger partial charge in [-0.3, -0.25) is 0 Å². The van der Waals surface area contributed by atoms with E-state index in [1.807, 2.05) is 19.9 Å². The number of nitrogens with one attached hydrogen (secondary N) is 1. The molecule has 3 N–H and O–H groups in total. The number of nitrogens with zero attached hydrogens (tertiary/aromatic N) is 4. The molecule has 2 aromatic heterocycles. The molecule has 6 heteroatoms. The molecule has 3 rings (SSSR count). The molecular formula is C17H20N6. The van der Waals surface area contributed by atoms with Crippen molar-refractivity contribution in [1.29, 1.82) is 5.26 Å². The summed E-state index contributed by atoms with van der Waals surface area (Å²) in [5.41, 5.74) is 8.90. The summed E-state index contributed by atoms with van der Waals surface area (Å²) in [6.45, 7) is 4.05. The molecule has 23 heavy (non-hydrogen) atoms. The first-order valence-electron chi connectivity index (χ1n) is 7.88. The zero-order valence-electron chi connectivity index (χ0n) is 13.4. The number of nitrogen functional groups attached to an aromatic ring is 1. The van der Waals surface area contributed by atoms with E-state index in [0.717, 1.165) is 29.7 Å². The Labute approximate surface area is 135 Å². The molecule has 0 amide bonds. The van der Waals surface area contributed by atoms with Crippen molar-refractivity contribution in [2.45, 2.75) is 45.1 Å². The predicted octanol–water partition coefficient (Wildman–Crippen LogP) is 3.08. The number of nitrogens with two attached hydrogens (primary N) is 1. The molecule has 0 bridgehead atoms. The summed E-state index contributed by atoms with van der Waals surface area (Å²) in [4.78, 5) is 13.0. The quantitative estimate of drug-likeness (QED) is 0.900. The van der Waals surface area contributed by atoms with Crippen LogP contribution in [-0.2, 0) is 0 Å². The van der Waals surface area contributed by atoms with Crippen molar-refractivity contribution in [3.05, 3.63) is 29.7 Å². The zero-order valence-corrected chi connectivity index (χ0v) is 13.4. The van der Waals surface area contributed by atoms with Gasteiger partial charge in [0.2, 0.25) is 5.95 Å². The minimum Gasteiger partial charge on any atom is -0.383 e. The summed E-state index contributed by atoms with van der Waals surface area (Å²) in [5.74, 6) is 1.31. The molecule has 1 fully saturated rings. The van der Waals surface area contributed by atoms with E-state index in [4.69, 9.17) is 5.73 Å². The summed E-state index contributed by atoms with van der Waals surface area (Å²) in [7, 11) is 0. The number of nitriles is 1. The number of anilines is 2. The monoisotopic (exact) mass is 308 g/mol. The molecule has 1 aliphatic carbocycles. The predicted molar refractivity (Wildman–Crippen MR) is 89.7 cm³/mol. The maximum Gasteiger partial charge on any atom is 0.222 e. The summed E-state index contributed by atoms with van der Waals surface area (Å²) < 4.78 is 0. The smallest absolute Gasteiger partial charge is 0.222 e. The highest BCUT2D eigenvalue weighted by atomic mass is 15.1. The standard InChI is InChI=1S/C17H20N6/c1-10(2)22-17-20-8-12(9-21-17)13-6-15(11-4-3-5-11)23-16(19)14(13)7-18/h6,8-11H,3-5H2,1-2H3,(H2,19,23)(H,20,21,22). The molecule has 2 heterocycles. The van der Waals surface area contributed by atoms with Gasteiger partial charge >= 0.3 is 0 Å². The van der Waals surface area contributed by atoms with Gasteiger partial charge in [0.25, 0.3) is 0 Å². The molecule has 0 radical (unpaired) electrons. The largest absolute Gasteiger partial charge is 0.383 e. The van der Waals surface area contributed by atoms with Crippen LogP contribution < -0.4 is 11.1 Å². The summed E-state index contributed by atoms with van der Waals surface area (Å²) in [6, 6.07) is 4.38. The molecule has 0 aromatic carbocycles. The van der Waals surface area contributed by atoms with Crippen molar-refractivity contribution in [1.82, 2.24) is 15.0 Å². The van der Waals surface area contributed by atoms with E-state index in [0.29, 0.717) is 17.4 Å². The van der Waals surface area contributed by atoms with Crippen molar-refractivity contribution < 1.29 is 0 Å². The highest BCUT2D eigenvalue weighted by Gasteiger charge is 2.23. The molecule has 0 spiro atoms. The van der Waals surface area contributed by atoms with Crippen LogP contribution in [0.4, 0.5) is 11.8 Å². The van der Waals surface area contributed by atoms with E-state index in [1.54, 1.807) is 12.4 Å². The van der Waals surface area contributed by atoms with E-state index in [9.17, 15) is 5.26 Å². The molecule has 1 saturated carbocycles. The van der Waals surface area contributed by atoms with Crippen LogP contribution in [0.5, 0.6) is 0 Å². The van der Waals surface area contributed by atoms with Crippen LogP contribution in [0.3, 0.4) is 0 Å². The van der Waals surface area contributed by atoms with Gasteiger partial charge < -0.3 is 11.1 Å². The van der Waals surface area contributed by atoms with Gasteiger partial charge in [-0.25, -0.2) is 15.0 Å². The number of rotatable bonds is 4. The average molecular weight is 308 g/mol. The number of hydrogen-bond donors (Lipinski definition) is 2. The summed E-state index contributed by atoms with van der Waals surface area (Å²) >= 11 is 0.